The smallest absolute Gasteiger partial charge is 0.102 e. The molecule has 0 atom stereocenters. The van der Waals surface area contributed by atoms with E-state index in [-0.39, 0.29) is 6.61 Å². The van der Waals surface area contributed by atoms with Crippen molar-refractivity contribution in [2.75, 3.05) is 0 Å². The van der Waals surface area contributed by atoms with Crippen LogP contribution in [-0.2, 0) is 13.2 Å². The molecule has 0 aliphatic rings. The van der Waals surface area contributed by atoms with Crippen LogP contribution < -0.4 is 0 Å². The van der Waals surface area contributed by atoms with Gasteiger partial charge < -0.3 is 9.67 Å². The van der Waals surface area contributed by atoms with Crippen molar-refractivity contribution in [3.8, 4) is 23.3 Å². The molecule has 3 aromatic rings. The maximum Gasteiger partial charge on any atom is 0.102 e. The predicted molar refractivity (Wildman–Crippen MR) is 98.0 cm³/mol. The molecule has 5 heteroatoms. The van der Waals surface area contributed by atoms with E-state index in [1.165, 1.54) is 0 Å². The Balaban J connectivity index is 2.09. The first-order valence-electron chi connectivity index (χ1n) is 8.23. The second-order valence-electron chi connectivity index (χ2n) is 6.17. The Morgan fingerprint density at radius 2 is 1.69 bits per heavy atom. The Morgan fingerprint density at radius 3 is 2.31 bits per heavy atom. The molecule has 0 aliphatic heterocycles. The minimum atomic E-state index is -0.0512. The number of hydrogen-bond acceptors (Lipinski definition) is 4. The van der Waals surface area contributed by atoms with Crippen molar-refractivity contribution in [3.63, 3.8) is 0 Å². The minimum Gasteiger partial charge on any atom is -0.392 e. The summed E-state index contributed by atoms with van der Waals surface area (Å²) in [7, 11) is 0. The van der Waals surface area contributed by atoms with E-state index in [1.54, 1.807) is 24.5 Å². The summed E-state index contributed by atoms with van der Waals surface area (Å²) < 4.78 is 2.09. The number of hydrogen-bond donors (Lipinski definition) is 1. The Hall–Kier alpha value is -3.41. The van der Waals surface area contributed by atoms with Crippen molar-refractivity contribution in [2.45, 2.75) is 27.0 Å². The SMILES string of the molecule is Cc1c(C#N)c(-c2ccc(C#N)cc2)c(C)n1Cc1cncc(CO)c1. The van der Waals surface area contributed by atoms with Crippen molar-refractivity contribution in [1.29, 1.82) is 10.5 Å². The molecule has 0 aliphatic carbocycles. The van der Waals surface area contributed by atoms with E-state index >= 15 is 0 Å². The highest BCUT2D eigenvalue weighted by Gasteiger charge is 2.19. The zero-order chi connectivity index (χ0) is 18.7. The lowest BCUT2D eigenvalue weighted by atomic mass is 10.0. The van der Waals surface area contributed by atoms with E-state index in [0.717, 1.165) is 33.6 Å². The van der Waals surface area contributed by atoms with Crippen molar-refractivity contribution < 1.29 is 5.11 Å². The summed E-state index contributed by atoms with van der Waals surface area (Å²) in [5.41, 5.74) is 6.64. The average Bonchev–Trinajstić information content (AvgIpc) is 2.92. The molecule has 0 unspecified atom stereocenters. The van der Waals surface area contributed by atoms with E-state index in [1.807, 2.05) is 32.0 Å². The van der Waals surface area contributed by atoms with Crippen LogP contribution in [0.1, 0.15) is 33.6 Å². The second kappa shape index (κ2) is 7.23. The van der Waals surface area contributed by atoms with Crippen LogP contribution in [0.5, 0.6) is 0 Å². The summed E-state index contributed by atoms with van der Waals surface area (Å²) in [5, 5.41) is 28.0. The van der Waals surface area contributed by atoms with Gasteiger partial charge in [0.15, 0.2) is 0 Å². The molecule has 3 rings (SSSR count). The van der Waals surface area contributed by atoms with Gasteiger partial charge in [-0.15, -0.1) is 0 Å². The zero-order valence-electron chi connectivity index (χ0n) is 14.7. The van der Waals surface area contributed by atoms with Crippen molar-refractivity contribution in [1.82, 2.24) is 9.55 Å². The van der Waals surface area contributed by atoms with Crippen molar-refractivity contribution in [2.24, 2.45) is 0 Å². The van der Waals surface area contributed by atoms with Gasteiger partial charge in [0.1, 0.15) is 6.07 Å². The number of pyridine rings is 1. The highest BCUT2D eigenvalue weighted by molar-refractivity contribution is 5.75. The molecule has 0 fully saturated rings. The van der Waals surface area contributed by atoms with Gasteiger partial charge in [0.25, 0.3) is 0 Å². The topological polar surface area (TPSA) is 85.6 Å². The standard InChI is InChI=1S/C21H18N4O/c1-14-20(9-23)21(19-5-3-16(8-22)4-6-19)15(2)25(14)12-17-7-18(13-26)11-24-10-17/h3-7,10-11,26H,12-13H2,1-2H3. The van der Waals surface area contributed by atoms with Crippen LogP contribution in [-0.4, -0.2) is 14.7 Å². The number of nitrogens with zero attached hydrogens (tertiary/aromatic N) is 4. The first kappa shape index (κ1) is 17.4. The number of rotatable bonds is 4. The maximum atomic E-state index is 9.69. The number of aliphatic hydroxyl groups excluding tert-OH is 1. The van der Waals surface area contributed by atoms with Crippen LogP contribution >= 0.6 is 0 Å². The van der Waals surface area contributed by atoms with E-state index in [9.17, 15) is 10.4 Å². The fourth-order valence-electron chi connectivity index (χ4n) is 3.22. The number of nitriles is 2. The molecule has 0 bridgehead atoms. The lowest BCUT2D eigenvalue weighted by Gasteiger charge is -2.10. The predicted octanol–water partition coefficient (Wildman–Crippen LogP) is 3.45. The van der Waals surface area contributed by atoms with E-state index in [0.29, 0.717) is 17.7 Å². The van der Waals surface area contributed by atoms with Crippen LogP contribution in [0.4, 0.5) is 0 Å². The van der Waals surface area contributed by atoms with Gasteiger partial charge in [0.05, 0.1) is 23.8 Å². The molecule has 0 spiro atoms. The third-order valence-electron chi connectivity index (χ3n) is 4.57. The highest BCUT2D eigenvalue weighted by atomic mass is 16.3. The Bertz CT molecular complexity index is 1030. The summed E-state index contributed by atoms with van der Waals surface area (Å²) in [6.45, 7) is 4.45. The molecule has 0 saturated carbocycles. The molecule has 0 radical (unpaired) electrons. The molecule has 128 valence electrons. The van der Waals surface area contributed by atoms with Gasteiger partial charge in [-0.3, -0.25) is 4.98 Å². The van der Waals surface area contributed by atoms with Gasteiger partial charge >= 0.3 is 0 Å². The number of benzene rings is 1. The third-order valence-corrected chi connectivity index (χ3v) is 4.57. The normalized spacial score (nSPS) is 10.3. The average molecular weight is 342 g/mol. The first-order valence-corrected chi connectivity index (χ1v) is 8.23. The first-order chi connectivity index (χ1) is 12.6. The van der Waals surface area contributed by atoms with Crippen LogP contribution in [0.3, 0.4) is 0 Å². The van der Waals surface area contributed by atoms with Gasteiger partial charge in [-0.25, -0.2) is 0 Å². The maximum absolute atomic E-state index is 9.69. The Labute approximate surface area is 152 Å². The summed E-state index contributed by atoms with van der Waals surface area (Å²) in [6.07, 6.45) is 3.41. The van der Waals surface area contributed by atoms with Crippen LogP contribution in [0.15, 0.2) is 42.7 Å². The summed E-state index contributed by atoms with van der Waals surface area (Å²) in [5.74, 6) is 0. The van der Waals surface area contributed by atoms with E-state index in [2.05, 4.69) is 21.7 Å². The largest absolute Gasteiger partial charge is 0.392 e. The molecule has 5 nitrogen and oxygen atoms in total. The molecule has 1 aromatic carbocycles. The van der Waals surface area contributed by atoms with Crippen molar-refractivity contribution in [3.05, 3.63) is 76.4 Å². The van der Waals surface area contributed by atoms with Gasteiger partial charge in [0, 0.05) is 35.9 Å². The van der Waals surface area contributed by atoms with E-state index in [4.69, 9.17) is 5.26 Å². The van der Waals surface area contributed by atoms with Crippen molar-refractivity contribution >= 4 is 0 Å². The van der Waals surface area contributed by atoms with Crippen LogP contribution in [0.2, 0.25) is 0 Å². The fourth-order valence-corrected chi connectivity index (χ4v) is 3.22. The molecular weight excluding hydrogens is 324 g/mol. The lowest BCUT2D eigenvalue weighted by molar-refractivity contribution is 0.281. The quantitative estimate of drug-likeness (QED) is 0.787. The van der Waals surface area contributed by atoms with Gasteiger partial charge in [-0.2, -0.15) is 10.5 Å². The Kier molecular flexibility index (Phi) is 4.84. The molecule has 0 saturated heterocycles. The lowest BCUT2D eigenvalue weighted by Crippen LogP contribution is -2.05. The minimum absolute atomic E-state index is 0.0512. The monoisotopic (exact) mass is 342 g/mol. The van der Waals surface area contributed by atoms with E-state index < -0.39 is 0 Å². The number of aliphatic hydroxyl groups is 1. The van der Waals surface area contributed by atoms with Gasteiger partial charge in [-0.05, 0) is 48.7 Å². The third kappa shape index (κ3) is 3.09. The molecule has 2 aromatic heterocycles. The molecule has 2 heterocycles. The summed E-state index contributed by atoms with van der Waals surface area (Å²) >= 11 is 0. The van der Waals surface area contributed by atoms with Crippen LogP contribution in [0, 0.1) is 36.5 Å². The van der Waals surface area contributed by atoms with Gasteiger partial charge in [0.2, 0.25) is 0 Å². The molecule has 26 heavy (non-hydrogen) atoms. The Morgan fingerprint density at radius 1 is 1.00 bits per heavy atom. The number of aromatic nitrogens is 2. The second-order valence-corrected chi connectivity index (χ2v) is 6.17. The highest BCUT2D eigenvalue weighted by Crippen LogP contribution is 2.32. The molecular formula is C21H18N4O. The molecule has 0 amide bonds. The fraction of sp³-hybridized carbons (Fsp3) is 0.190. The summed E-state index contributed by atoms with van der Waals surface area (Å²) in [6, 6.07) is 13.6. The van der Waals surface area contributed by atoms with Gasteiger partial charge in [-0.1, -0.05) is 12.1 Å². The molecule has 1 N–H and O–H groups in total. The van der Waals surface area contributed by atoms with Crippen LogP contribution in [0.25, 0.3) is 11.1 Å². The summed E-state index contributed by atoms with van der Waals surface area (Å²) in [4.78, 5) is 4.17. The zero-order valence-corrected chi connectivity index (χ0v) is 14.7.